The Kier molecular flexibility index (Phi) is 2.06. The van der Waals surface area contributed by atoms with Crippen LogP contribution in [0.5, 0.6) is 0 Å². The van der Waals surface area contributed by atoms with Crippen LogP contribution in [0.1, 0.15) is 23.7 Å². The highest BCUT2D eigenvalue weighted by Gasteiger charge is 2.25. The zero-order chi connectivity index (χ0) is 11.3. The molecule has 16 heavy (non-hydrogen) atoms. The van der Waals surface area contributed by atoms with Gasteiger partial charge in [0, 0.05) is 30.2 Å². The van der Waals surface area contributed by atoms with Crippen molar-refractivity contribution in [2.45, 2.75) is 25.0 Å². The number of aliphatic hydroxyl groups excluding tert-OH is 1. The number of hydrogen-bond donors (Lipinski definition) is 2. The standard InChI is InChI=1S/C13H16N2O/c1-15-7-8-5-6-10(14)13(16)9-3-2-4-11(15)12(8)9/h2-4,7,10,13,16H,5-6,14H2,1H3. The molecule has 2 unspecified atom stereocenters. The Balaban J connectivity index is 2.37. The summed E-state index contributed by atoms with van der Waals surface area (Å²) in [6, 6.07) is 5.92. The molecular formula is C13H16N2O. The van der Waals surface area contributed by atoms with Gasteiger partial charge in [0.2, 0.25) is 0 Å². The van der Waals surface area contributed by atoms with Gasteiger partial charge in [-0.25, -0.2) is 0 Å². The SMILES string of the molecule is Cn1cc2c3c(cccc31)C(O)C(N)CC2. The van der Waals surface area contributed by atoms with Crippen molar-refractivity contribution in [1.29, 1.82) is 0 Å². The van der Waals surface area contributed by atoms with Crippen LogP contribution in [-0.4, -0.2) is 15.7 Å². The average Bonchev–Trinajstić information content (AvgIpc) is 2.56. The summed E-state index contributed by atoms with van der Waals surface area (Å²) in [6.07, 6.45) is 3.41. The van der Waals surface area contributed by atoms with E-state index in [-0.39, 0.29) is 6.04 Å². The highest BCUT2D eigenvalue weighted by atomic mass is 16.3. The quantitative estimate of drug-likeness (QED) is 0.701. The molecule has 0 spiro atoms. The minimum Gasteiger partial charge on any atom is -0.387 e. The van der Waals surface area contributed by atoms with Crippen LogP contribution in [0.3, 0.4) is 0 Å². The summed E-state index contributed by atoms with van der Waals surface area (Å²) in [4.78, 5) is 0. The van der Waals surface area contributed by atoms with Gasteiger partial charge in [-0.1, -0.05) is 12.1 Å². The molecule has 0 saturated heterocycles. The summed E-state index contributed by atoms with van der Waals surface area (Å²) < 4.78 is 2.12. The first kappa shape index (κ1) is 9.87. The molecule has 1 aromatic heterocycles. The van der Waals surface area contributed by atoms with Crippen molar-refractivity contribution in [1.82, 2.24) is 4.57 Å². The molecule has 0 saturated carbocycles. The van der Waals surface area contributed by atoms with E-state index in [1.807, 2.05) is 19.2 Å². The third-order valence-electron chi connectivity index (χ3n) is 3.60. The normalized spacial score (nSPS) is 24.7. The van der Waals surface area contributed by atoms with E-state index in [2.05, 4.69) is 16.8 Å². The molecule has 1 aliphatic carbocycles. The first-order chi connectivity index (χ1) is 7.68. The lowest BCUT2D eigenvalue weighted by Crippen LogP contribution is -2.27. The van der Waals surface area contributed by atoms with Crippen LogP contribution in [0.25, 0.3) is 10.9 Å². The number of hydrogen-bond acceptors (Lipinski definition) is 2. The monoisotopic (exact) mass is 216 g/mol. The van der Waals surface area contributed by atoms with Gasteiger partial charge in [-0.3, -0.25) is 0 Å². The molecule has 3 rings (SSSR count). The van der Waals surface area contributed by atoms with Crippen molar-refractivity contribution in [3.05, 3.63) is 35.5 Å². The van der Waals surface area contributed by atoms with Crippen LogP contribution in [0.4, 0.5) is 0 Å². The smallest absolute Gasteiger partial charge is 0.0947 e. The summed E-state index contributed by atoms with van der Waals surface area (Å²) in [5.41, 5.74) is 9.44. The van der Waals surface area contributed by atoms with Gasteiger partial charge in [0.05, 0.1) is 6.10 Å². The summed E-state index contributed by atoms with van der Waals surface area (Å²) in [5, 5.41) is 11.4. The lowest BCUT2D eigenvalue weighted by Gasteiger charge is -2.17. The van der Waals surface area contributed by atoms with E-state index in [0.717, 1.165) is 18.4 Å². The highest BCUT2D eigenvalue weighted by Crippen LogP contribution is 2.34. The van der Waals surface area contributed by atoms with Gasteiger partial charge in [-0.2, -0.15) is 0 Å². The fourth-order valence-corrected chi connectivity index (χ4v) is 2.72. The van der Waals surface area contributed by atoms with Crippen LogP contribution >= 0.6 is 0 Å². The van der Waals surface area contributed by atoms with E-state index in [9.17, 15) is 5.11 Å². The predicted octanol–water partition coefficient (Wildman–Crippen LogP) is 1.49. The predicted molar refractivity (Wildman–Crippen MR) is 64.2 cm³/mol. The first-order valence-electron chi connectivity index (χ1n) is 5.69. The van der Waals surface area contributed by atoms with E-state index >= 15 is 0 Å². The molecule has 1 aliphatic rings. The Morgan fingerprint density at radius 3 is 3.06 bits per heavy atom. The zero-order valence-corrected chi connectivity index (χ0v) is 9.35. The Morgan fingerprint density at radius 2 is 2.25 bits per heavy atom. The lowest BCUT2D eigenvalue weighted by molar-refractivity contribution is 0.145. The number of benzene rings is 1. The second kappa shape index (κ2) is 3.34. The third-order valence-corrected chi connectivity index (χ3v) is 3.60. The Morgan fingerprint density at radius 1 is 1.44 bits per heavy atom. The number of aromatic nitrogens is 1. The van der Waals surface area contributed by atoms with Crippen molar-refractivity contribution in [3.8, 4) is 0 Å². The molecule has 3 heteroatoms. The first-order valence-corrected chi connectivity index (χ1v) is 5.69. The van der Waals surface area contributed by atoms with E-state index in [4.69, 9.17) is 5.73 Å². The second-order valence-corrected chi connectivity index (χ2v) is 4.65. The molecule has 1 heterocycles. The average molecular weight is 216 g/mol. The molecule has 2 atom stereocenters. The van der Waals surface area contributed by atoms with Crippen LogP contribution in [0.2, 0.25) is 0 Å². The molecule has 0 aliphatic heterocycles. The molecule has 0 fully saturated rings. The zero-order valence-electron chi connectivity index (χ0n) is 9.35. The van der Waals surface area contributed by atoms with Crippen molar-refractivity contribution >= 4 is 10.9 Å². The maximum absolute atomic E-state index is 10.2. The van der Waals surface area contributed by atoms with E-state index in [1.165, 1.54) is 16.5 Å². The molecule has 2 aromatic rings. The summed E-state index contributed by atoms with van der Waals surface area (Å²) >= 11 is 0. The lowest BCUT2D eigenvalue weighted by atomic mass is 10.0. The largest absolute Gasteiger partial charge is 0.387 e. The number of nitrogens with two attached hydrogens (primary N) is 1. The molecule has 3 N–H and O–H groups in total. The fourth-order valence-electron chi connectivity index (χ4n) is 2.72. The van der Waals surface area contributed by atoms with Gasteiger partial charge >= 0.3 is 0 Å². The fraction of sp³-hybridized carbons (Fsp3) is 0.385. The number of aryl methyl sites for hydroxylation is 2. The van der Waals surface area contributed by atoms with Gasteiger partial charge in [-0.15, -0.1) is 0 Å². The van der Waals surface area contributed by atoms with Crippen LogP contribution in [0, 0.1) is 0 Å². The topological polar surface area (TPSA) is 51.2 Å². The maximum Gasteiger partial charge on any atom is 0.0947 e. The summed E-state index contributed by atoms with van der Waals surface area (Å²) in [6.45, 7) is 0. The van der Waals surface area contributed by atoms with Gasteiger partial charge in [0.1, 0.15) is 0 Å². The minimum atomic E-state index is -0.535. The van der Waals surface area contributed by atoms with E-state index in [1.54, 1.807) is 0 Å². The van der Waals surface area contributed by atoms with Gasteiger partial charge in [0.25, 0.3) is 0 Å². The Labute approximate surface area is 94.5 Å². The van der Waals surface area contributed by atoms with Crippen molar-refractivity contribution < 1.29 is 5.11 Å². The molecule has 84 valence electrons. The van der Waals surface area contributed by atoms with E-state index < -0.39 is 6.10 Å². The molecule has 0 radical (unpaired) electrons. The molecule has 3 nitrogen and oxygen atoms in total. The highest BCUT2D eigenvalue weighted by molar-refractivity contribution is 5.88. The van der Waals surface area contributed by atoms with Crippen LogP contribution in [0.15, 0.2) is 24.4 Å². The number of nitrogens with zero attached hydrogens (tertiary/aromatic N) is 1. The Bertz CT molecular complexity index is 544. The van der Waals surface area contributed by atoms with Gasteiger partial charge in [0.15, 0.2) is 0 Å². The number of rotatable bonds is 0. The summed E-state index contributed by atoms with van der Waals surface area (Å²) in [5.74, 6) is 0. The summed E-state index contributed by atoms with van der Waals surface area (Å²) in [7, 11) is 2.05. The second-order valence-electron chi connectivity index (χ2n) is 4.65. The van der Waals surface area contributed by atoms with Gasteiger partial charge in [-0.05, 0) is 30.0 Å². The third kappa shape index (κ3) is 1.22. The van der Waals surface area contributed by atoms with Crippen LogP contribution < -0.4 is 5.73 Å². The van der Waals surface area contributed by atoms with Crippen molar-refractivity contribution in [2.24, 2.45) is 12.8 Å². The van der Waals surface area contributed by atoms with Gasteiger partial charge < -0.3 is 15.4 Å². The molecule has 0 bridgehead atoms. The van der Waals surface area contributed by atoms with Crippen molar-refractivity contribution in [3.63, 3.8) is 0 Å². The van der Waals surface area contributed by atoms with Crippen molar-refractivity contribution in [2.75, 3.05) is 0 Å². The minimum absolute atomic E-state index is 0.150. The molecule has 0 amide bonds. The number of aliphatic hydroxyl groups is 1. The molecular weight excluding hydrogens is 200 g/mol. The maximum atomic E-state index is 10.2. The van der Waals surface area contributed by atoms with E-state index in [0.29, 0.717) is 0 Å². The van der Waals surface area contributed by atoms with Crippen LogP contribution in [-0.2, 0) is 13.5 Å². The molecule has 1 aromatic carbocycles. The Hall–Kier alpha value is -1.32.